The molecule has 0 fully saturated rings. The first-order chi connectivity index (χ1) is 9.07. The first-order valence-electron chi connectivity index (χ1n) is 5.65. The lowest BCUT2D eigenvalue weighted by Gasteiger charge is -2.23. The molecule has 0 amide bonds. The average Bonchev–Trinajstić information content (AvgIpc) is 2.44. The monoisotopic (exact) mass is 269 g/mol. The molecule has 0 spiro atoms. The number of anilines is 1. The predicted octanol–water partition coefficient (Wildman–Crippen LogP) is 1.32. The van der Waals surface area contributed by atoms with Crippen LogP contribution < -0.4 is 19.1 Å². The highest BCUT2D eigenvalue weighted by molar-refractivity contribution is 5.79. The van der Waals surface area contributed by atoms with E-state index >= 15 is 0 Å². The number of methoxy groups -OCH3 is 4. The van der Waals surface area contributed by atoms with Crippen molar-refractivity contribution < 1.29 is 23.7 Å². The molecular formula is C13H19NO5. The normalized spacial score (nSPS) is 9.74. The number of ether oxygens (including phenoxy) is 4. The van der Waals surface area contributed by atoms with Crippen molar-refractivity contribution in [3.05, 3.63) is 12.1 Å². The minimum absolute atomic E-state index is 0.0928. The van der Waals surface area contributed by atoms with Crippen molar-refractivity contribution in [2.24, 2.45) is 0 Å². The van der Waals surface area contributed by atoms with E-state index in [1.165, 1.54) is 7.11 Å². The topological polar surface area (TPSA) is 57.2 Å². The summed E-state index contributed by atoms with van der Waals surface area (Å²) in [5, 5.41) is 0. The van der Waals surface area contributed by atoms with Crippen LogP contribution in [0, 0.1) is 0 Å². The van der Waals surface area contributed by atoms with Crippen molar-refractivity contribution in [3.63, 3.8) is 0 Å². The van der Waals surface area contributed by atoms with Crippen LogP contribution in [0.4, 0.5) is 5.69 Å². The number of hydrogen-bond donors (Lipinski definition) is 0. The van der Waals surface area contributed by atoms with Gasteiger partial charge in [-0.15, -0.1) is 0 Å². The Labute approximate surface area is 112 Å². The van der Waals surface area contributed by atoms with Crippen molar-refractivity contribution >= 4 is 11.7 Å². The van der Waals surface area contributed by atoms with E-state index in [2.05, 4.69) is 4.74 Å². The van der Waals surface area contributed by atoms with Crippen LogP contribution in [0.25, 0.3) is 0 Å². The summed E-state index contributed by atoms with van der Waals surface area (Å²) in [4.78, 5) is 13.0. The van der Waals surface area contributed by atoms with Crippen molar-refractivity contribution in [1.82, 2.24) is 0 Å². The predicted molar refractivity (Wildman–Crippen MR) is 71.4 cm³/mol. The Morgan fingerprint density at radius 2 is 1.58 bits per heavy atom. The highest BCUT2D eigenvalue weighted by Crippen LogP contribution is 2.40. The minimum Gasteiger partial charge on any atom is -0.496 e. The molecule has 0 atom stereocenters. The molecule has 6 heteroatoms. The van der Waals surface area contributed by atoms with Crippen LogP contribution in [0.1, 0.15) is 0 Å². The van der Waals surface area contributed by atoms with Gasteiger partial charge in [0.2, 0.25) is 0 Å². The lowest BCUT2D eigenvalue weighted by atomic mass is 10.2. The summed E-state index contributed by atoms with van der Waals surface area (Å²) in [6.45, 7) is 0.0928. The SMILES string of the molecule is COC(=O)CN(C)c1c(OC)cc(OC)cc1OC. The number of benzene rings is 1. The molecule has 0 heterocycles. The van der Waals surface area contributed by atoms with Crippen molar-refractivity contribution in [2.75, 3.05) is 46.9 Å². The quantitative estimate of drug-likeness (QED) is 0.726. The van der Waals surface area contributed by atoms with Crippen LogP contribution >= 0.6 is 0 Å². The maximum Gasteiger partial charge on any atom is 0.325 e. The maximum absolute atomic E-state index is 11.3. The highest BCUT2D eigenvalue weighted by Gasteiger charge is 2.19. The summed E-state index contributed by atoms with van der Waals surface area (Å²) >= 11 is 0. The van der Waals surface area contributed by atoms with Gasteiger partial charge in [0.1, 0.15) is 29.5 Å². The van der Waals surface area contributed by atoms with Gasteiger partial charge in [-0.05, 0) is 0 Å². The molecule has 1 rings (SSSR count). The van der Waals surface area contributed by atoms with Gasteiger partial charge in [-0.3, -0.25) is 4.79 Å². The number of nitrogens with zero attached hydrogens (tertiary/aromatic N) is 1. The Balaban J connectivity index is 3.19. The van der Waals surface area contributed by atoms with Crippen LogP contribution in [-0.4, -0.2) is 48.0 Å². The molecule has 0 saturated carbocycles. The smallest absolute Gasteiger partial charge is 0.325 e. The van der Waals surface area contributed by atoms with Gasteiger partial charge in [0.05, 0.1) is 28.4 Å². The number of rotatable bonds is 6. The van der Waals surface area contributed by atoms with Gasteiger partial charge in [0.15, 0.2) is 0 Å². The van der Waals surface area contributed by atoms with E-state index in [4.69, 9.17) is 14.2 Å². The van der Waals surface area contributed by atoms with Crippen molar-refractivity contribution in [2.45, 2.75) is 0 Å². The van der Waals surface area contributed by atoms with E-state index in [-0.39, 0.29) is 12.5 Å². The average molecular weight is 269 g/mol. The van der Waals surface area contributed by atoms with E-state index in [0.29, 0.717) is 22.9 Å². The summed E-state index contributed by atoms with van der Waals surface area (Å²) in [5.41, 5.74) is 0.663. The molecule has 0 aromatic heterocycles. The number of carbonyl (C=O) groups is 1. The number of hydrogen-bond acceptors (Lipinski definition) is 6. The minimum atomic E-state index is -0.345. The van der Waals surface area contributed by atoms with Crippen molar-refractivity contribution in [3.8, 4) is 17.2 Å². The summed E-state index contributed by atoms with van der Waals surface area (Å²) in [6.07, 6.45) is 0. The second-order valence-corrected chi connectivity index (χ2v) is 3.81. The standard InChI is InChI=1S/C13H19NO5/c1-14(8-12(15)19-5)13-10(17-3)6-9(16-2)7-11(13)18-4/h6-7H,8H2,1-5H3. The highest BCUT2D eigenvalue weighted by atomic mass is 16.5. The Bertz CT molecular complexity index is 422. The van der Waals surface area contributed by atoms with Gasteiger partial charge >= 0.3 is 5.97 Å². The summed E-state index contributed by atoms with van der Waals surface area (Å²) < 4.78 is 20.4. The number of esters is 1. The van der Waals surface area contributed by atoms with Gasteiger partial charge in [-0.25, -0.2) is 0 Å². The van der Waals surface area contributed by atoms with E-state index < -0.39 is 0 Å². The number of carbonyl (C=O) groups excluding carboxylic acids is 1. The first kappa shape index (κ1) is 14.9. The Kier molecular flexibility index (Phi) is 5.29. The maximum atomic E-state index is 11.3. The molecule has 0 aliphatic rings. The Hall–Kier alpha value is -2.11. The molecule has 0 bridgehead atoms. The fourth-order valence-corrected chi connectivity index (χ4v) is 1.70. The largest absolute Gasteiger partial charge is 0.496 e. The van der Waals surface area contributed by atoms with E-state index in [1.807, 2.05) is 0 Å². The van der Waals surface area contributed by atoms with Gasteiger partial charge in [0, 0.05) is 19.2 Å². The molecule has 0 unspecified atom stereocenters. The van der Waals surface area contributed by atoms with Gasteiger partial charge in [-0.2, -0.15) is 0 Å². The van der Waals surface area contributed by atoms with E-state index in [1.54, 1.807) is 45.4 Å². The molecular weight excluding hydrogens is 250 g/mol. The molecule has 0 saturated heterocycles. The fourth-order valence-electron chi connectivity index (χ4n) is 1.70. The molecule has 6 nitrogen and oxygen atoms in total. The van der Waals surface area contributed by atoms with Gasteiger partial charge < -0.3 is 23.8 Å². The molecule has 1 aromatic carbocycles. The third kappa shape index (κ3) is 3.43. The van der Waals surface area contributed by atoms with Crippen LogP contribution in [0.2, 0.25) is 0 Å². The second kappa shape index (κ2) is 6.72. The molecule has 0 aliphatic heterocycles. The summed E-state index contributed by atoms with van der Waals surface area (Å²) in [5.74, 6) is 1.39. The third-order valence-electron chi connectivity index (χ3n) is 2.66. The Morgan fingerprint density at radius 3 is 1.95 bits per heavy atom. The van der Waals surface area contributed by atoms with Crippen LogP contribution in [0.15, 0.2) is 12.1 Å². The van der Waals surface area contributed by atoms with Crippen LogP contribution in [0.3, 0.4) is 0 Å². The lowest BCUT2D eigenvalue weighted by Crippen LogP contribution is -2.27. The molecule has 1 aromatic rings. The van der Waals surface area contributed by atoms with Gasteiger partial charge in [-0.1, -0.05) is 0 Å². The fraction of sp³-hybridized carbons (Fsp3) is 0.462. The van der Waals surface area contributed by atoms with E-state index in [9.17, 15) is 4.79 Å². The zero-order chi connectivity index (χ0) is 14.4. The number of likely N-dealkylation sites (N-methyl/N-ethyl adjacent to an activating group) is 1. The molecule has 0 radical (unpaired) electrons. The second-order valence-electron chi connectivity index (χ2n) is 3.81. The zero-order valence-electron chi connectivity index (χ0n) is 11.9. The molecule has 0 aliphatic carbocycles. The first-order valence-corrected chi connectivity index (χ1v) is 5.65. The summed E-state index contributed by atoms with van der Waals surface area (Å²) in [6, 6.07) is 3.46. The molecule has 0 N–H and O–H groups in total. The zero-order valence-corrected chi connectivity index (χ0v) is 11.9. The molecule has 19 heavy (non-hydrogen) atoms. The third-order valence-corrected chi connectivity index (χ3v) is 2.66. The summed E-state index contributed by atoms with van der Waals surface area (Å²) in [7, 11) is 7.75. The van der Waals surface area contributed by atoms with Crippen LogP contribution in [-0.2, 0) is 9.53 Å². The van der Waals surface area contributed by atoms with E-state index in [0.717, 1.165) is 0 Å². The van der Waals surface area contributed by atoms with Crippen LogP contribution in [0.5, 0.6) is 17.2 Å². The molecule has 106 valence electrons. The van der Waals surface area contributed by atoms with Crippen molar-refractivity contribution in [1.29, 1.82) is 0 Å². The van der Waals surface area contributed by atoms with Gasteiger partial charge in [0.25, 0.3) is 0 Å². The lowest BCUT2D eigenvalue weighted by molar-refractivity contribution is -0.138. The Morgan fingerprint density at radius 1 is 1.05 bits per heavy atom.